The van der Waals surface area contributed by atoms with Crippen LogP contribution in [0.15, 0.2) is 0 Å². The molecule has 0 saturated carbocycles. The fourth-order valence-electron chi connectivity index (χ4n) is 1.72. The first-order valence-electron chi connectivity index (χ1n) is 5.41. The predicted octanol–water partition coefficient (Wildman–Crippen LogP) is -0.513. The molecule has 1 rings (SSSR count). The third-order valence-corrected chi connectivity index (χ3v) is 2.75. The van der Waals surface area contributed by atoms with Crippen molar-refractivity contribution in [3.05, 3.63) is 0 Å². The van der Waals surface area contributed by atoms with Gasteiger partial charge in [0, 0.05) is 32.0 Å². The van der Waals surface area contributed by atoms with Crippen molar-refractivity contribution in [3.63, 3.8) is 0 Å². The number of nitrogens with zero attached hydrogens (tertiary/aromatic N) is 1. The topological polar surface area (TPSA) is 89.9 Å². The van der Waals surface area contributed by atoms with E-state index in [9.17, 15) is 9.59 Å². The van der Waals surface area contributed by atoms with E-state index in [0.29, 0.717) is 13.1 Å². The number of amides is 2. The Labute approximate surface area is 99.6 Å². The summed E-state index contributed by atoms with van der Waals surface area (Å²) in [5.41, 5.74) is 0. The number of rotatable bonds is 4. The predicted molar refractivity (Wildman–Crippen MR) is 60.2 cm³/mol. The fraction of sp³-hybridized carbons (Fsp3) is 0.636. The minimum Gasteiger partial charge on any atom is -0.480 e. The lowest BCUT2D eigenvalue weighted by atomic mass is 10.1. The maximum absolute atomic E-state index is 11.7. The summed E-state index contributed by atoms with van der Waals surface area (Å²) in [6.07, 6.45) is 5.72. The van der Waals surface area contributed by atoms with Crippen LogP contribution in [0.4, 0.5) is 4.79 Å². The van der Waals surface area contributed by atoms with Gasteiger partial charge in [0.15, 0.2) is 0 Å². The number of terminal acetylenes is 1. The Balaban J connectivity index is 2.48. The zero-order chi connectivity index (χ0) is 12.8. The molecule has 1 fully saturated rings. The van der Waals surface area contributed by atoms with Crippen molar-refractivity contribution >= 4 is 12.0 Å². The standard InChI is InChI=1S/C11H16N2O4/c1-2-3-9(10(15)16)12-11(17)13-5-4-8(6-13)7-14/h1,8-9,14H,3-7H2,(H,12,17)(H,15,16). The molecule has 0 radical (unpaired) electrons. The second kappa shape index (κ2) is 6.11. The highest BCUT2D eigenvalue weighted by Gasteiger charge is 2.28. The van der Waals surface area contributed by atoms with Crippen LogP contribution in [0.1, 0.15) is 12.8 Å². The number of nitrogens with one attached hydrogen (secondary N) is 1. The van der Waals surface area contributed by atoms with Crippen molar-refractivity contribution in [2.45, 2.75) is 18.9 Å². The van der Waals surface area contributed by atoms with Gasteiger partial charge >= 0.3 is 12.0 Å². The molecule has 2 unspecified atom stereocenters. The molecule has 6 nitrogen and oxygen atoms in total. The van der Waals surface area contributed by atoms with Gasteiger partial charge in [-0.25, -0.2) is 9.59 Å². The smallest absolute Gasteiger partial charge is 0.327 e. The van der Waals surface area contributed by atoms with E-state index in [1.807, 2.05) is 0 Å². The van der Waals surface area contributed by atoms with Crippen molar-refractivity contribution in [2.75, 3.05) is 19.7 Å². The van der Waals surface area contributed by atoms with Gasteiger partial charge in [0.25, 0.3) is 0 Å². The highest BCUT2D eigenvalue weighted by molar-refractivity contribution is 5.82. The molecule has 0 aromatic carbocycles. The van der Waals surface area contributed by atoms with Crippen molar-refractivity contribution < 1.29 is 19.8 Å². The number of hydrogen-bond donors (Lipinski definition) is 3. The van der Waals surface area contributed by atoms with Crippen LogP contribution in [0.2, 0.25) is 0 Å². The Morgan fingerprint density at radius 3 is 2.76 bits per heavy atom. The summed E-state index contributed by atoms with van der Waals surface area (Å²) in [5.74, 6) is 1.15. The number of urea groups is 1. The molecule has 1 aliphatic heterocycles. The van der Waals surface area contributed by atoms with Gasteiger partial charge in [-0.05, 0) is 6.42 Å². The fourth-order valence-corrected chi connectivity index (χ4v) is 1.72. The maximum Gasteiger partial charge on any atom is 0.327 e. The van der Waals surface area contributed by atoms with Crippen LogP contribution in [0, 0.1) is 18.3 Å². The van der Waals surface area contributed by atoms with Gasteiger partial charge in [0.2, 0.25) is 0 Å². The molecule has 0 spiro atoms. The maximum atomic E-state index is 11.7. The van der Waals surface area contributed by atoms with E-state index in [0.717, 1.165) is 6.42 Å². The van der Waals surface area contributed by atoms with Crippen molar-refractivity contribution in [3.8, 4) is 12.3 Å². The molecule has 94 valence electrons. The van der Waals surface area contributed by atoms with Crippen molar-refractivity contribution in [1.29, 1.82) is 0 Å². The van der Waals surface area contributed by atoms with E-state index in [2.05, 4.69) is 11.2 Å². The average Bonchev–Trinajstić information content (AvgIpc) is 2.76. The molecule has 17 heavy (non-hydrogen) atoms. The first kappa shape index (κ1) is 13.3. The monoisotopic (exact) mass is 240 g/mol. The summed E-state index contributed by atoms with van der Waals surface area (Å²) in [7, 11) is 0. The highest BCUT2D eigenvalue weighted by atomic mass is 16.4. The normalized spacial score (nSPS) is 20.7. The third kappa shape index (κ3) is 3.64. The number of carboxylic acid groups (broad SMARTS) is 1. The van der Waals surface area contributed by atoms with Crippen LogP contribution in [0.5, 0.6) is 0 Å². The summed E-state index contributed by atoms with van der Waals surface area (Å²) in [5, 5.41) is 20.1. The third-order valence-electron chi connectivity index (χ3n) is 2.75. The number of carbonyl (C=O) groups excluding carboxylic acids is 1. The largest absolute Gasteiger partial charge is 0.480 e. The molecular formula is C11H16N2O4. The number of aliphatic hydroxyl groups is 1. The van der Waals surface area contributed by atoms with E-state index in [1.165, 1.54) is 4.90 Å². The van der Waals surface area contributed by atoms with Crippen LogP contribution in [0.25, 0.3) is 0 Å². The number of carbonyl (C=O) groups is 2. The Morgan fingerprint density at radius 2 is 2.29 bits per heavy atom. The van der Waals surface area contributed by atoms with Gasteiger partial charge in [-0.2, -0.15) is 0 Å². The van der Waals surface area contributed by atoms with Gasteiger partial charge in [-0.15, -0.1) is 12.3 Å². The van der Waals surface area contributed by atoms with E-state index >= 15 is 0 Å². The first-order valence-corrected chi connectivity index (χ1v) is 5.41. The number of carboxylic acids is 1. The number of aliphatic hydroxyl groups excluding tert-OH is 1. The van der Waals surface area contributed by atoms with Gasteiger partial charge in [-0.1, -0.05) is 0 Å². The average molecular weight is 240 g/mol. The van der Waals surface area contributed by atoms with Gasteiger partial charge in [-0.3, -0.25) is 0 Å². The second-order valence-electron chi connectivity index (χ2n) is 4.03. The number of aliphatic carboxylic acids is 1. The van der Waals surface area contributed by atoms with Crippen LogP contribution in [0.3, 0.4) is 0 Å². The molecule has 0 aromatic rings. The van der Waals surface area contributed by atoms with Crippen molar-refractivity contribution in [1.82, 2.24) is 10.2 Å². The minimum atomic E-state index is -1.14. The van der Waals surface area contributed by atoms with E-state index in [-0.39, 0.29) is 18.9 Å². The SMILES string of the molecule is C#CCC(NC(=O)N1CCC(CO)C1)C(=O)O. The Bertz CT molecular complexity index is 337. The van der Waals surface area contributed by atoms with Gasteiger partial charge in [0.1, 0.15) is 6.04 Å². The molecule has 0 bridgehead atoms. The van der Waals surface area contributed by atoms with E-state index < -0.39 is 18.0 Å². The van der Waals surface area contributed by atoms with E-state index in [4.69, 9.17) is 16.6 Å². The lowest BCUT2D eigenvalue weighted by Crippen LogP contribution is -2.47. The zero-order valence-corrected chi connectivity index (χ0v) is 9.43. The highest BCUT2D eigenvalue weighted by Crippen LogP contribution is 2.15. The van der Waals surface area contributed by atoms with E-state index in [1.54, 1.807) is 0 Å². The Kier molecular flexibility index (Phi) is 4.79. The zero-order valence-electron chi connectivity index (χ0n) is 9.43. The molecule has 0 aromatic heterocycles. The molecular weight excluding hydrogens is 224 g/mol. The van der Waals surface area contributed by atoms with Gasteiger partial charge < -0.3 is 20.4 Å². The summed E-state index contributed by atoms with van der Waals surface area (Å²) >= 11 is 0. The van der Waals surface area contributed by atoms with Crippen LogP contribution >= 0.6 is 0 Å². The summed E-state index contributed by atoms with van der Waals surface area (Å²) in [4.78, 5) is 24.0. The summed E-state index contributed by atoms with van der Waals surface area (Å²) in [6, 6.07) is -1.50. The minimum absolute atomic E-state index is 0.0382. The van der Waals surface area contributed by atoms with Crippen LogP contribution < -0.4 is 5.32 Å². The number of likely N-dealkylation sites (tertiary alicyclic amines) is 1. The molecule has 2 atom stereocenters. The quantitative estimate of drug-likeness (QED) is 0.577. The van der Waals surface area contributed by atoms with Gasteiger partial charge in [0.05, 0.1) is 0 Å². The molecule has 0 aliphatic carbocycles. The summed E-state index contributed by atoms with van der Waals surface area (Å²) in [6.45, 7) is 1.01. The van der Waals surface area contributed by atoms with Crippen LogP contribution in [-0.4, -0.2) is 52.9 Å². The molecule has 1 heterocycles. The Morgan fingerprint density at radius 1 is 1.59 bits per heavy atom. The van der Waals surface area contributed by atoms with Crippen molar-refractivity contribution in [2.24, 2.45) is 5.92 Å². The lowest BCUT2D eigenvalue weighted by Gasteiger charge is -2.19. The number of hydrogen-bond acceptors (Lipinski definition) is 3. The molecule has 2 amide bonds. The summed E-state index contributed by atoms with van der Waals surface area (Å²) < 4.78 is 0. The lowest BCUT2D eigenvalue weighted by molar-refractivity contribution is -0.139. The second-order valence-corrected chi connectivity index (χ2v) is 4.03. The molecule has 3 N–H and O–H groups in total. The molecule has 1 saturated heterocycles. The Hall–Kier alpha value is -1.74. The molecule has 6 heteroatoms. The van der Waals surface area contributed by atoms with Crippen LogP contribution in [-0.2, 0) is 4.79 Å². The molecule has 1 aliphatic rings. The first-order chi connectivity index (χ1) is 8.08.